The van der Waals surface area contributed by atoms with Gasteiger partial charge in [0.1, 0.15) is 0 Å². The van der Waals surface area contributed by atoms with Crippen LogP contribution in [0.4, 0.5) is 9.59 Å². The summed E-state index contributed by atoms with van der Waals surface area (Å²) in [4.78, 5) is 26.3. The van der Waals surface area contributed by atoms with E-state index in [1.165, 1.54) is 13.2 Å². The Morgan fingerprint density at radius 3 is 2.47 bits per heavy atom. The summed E-state index contributed by atoms with van der Waals surface area (Å²) in [5, 5.41) is 0.714. The Balaban J connectivity index is 4.30. The monoisotopic (exact) mass is 215 g/mol. The van der Waals surface area contributed by atoms with Crippen molar-refractivity contribution in [1.82, 2.24) is 5.06 Å². The molecule has 0 aromatic heterocycles. The molecule has 0 aliphatic rings. The zero-order valence-corrected chi connectivity index (χ0v) is 8.63. The Hall–Kier alpha value is -1.98. The third kappa shape index (κ3) is 5.35. The van der Waals surface area contributed by atoms with Crippen LogP contribution < -0.4 is 0 Å². The van der Waals surface area contributed by atoms with Gasteiger partial charge in [-0.25, -0.2) is 9.59 Å². The lowest BCUT2D eigenvalue weighted by Crippen LogP contribution is -2.33. The molecular weight excluding hydrogens is 202 g/mol. The van der Waals surface area contributed by atoms with Gasteiger partial charge in [-0.05, 0) is 0 Å². The Kier molecular flexibility index (Phi) is 6.45. The standard InChI is InChI=1S/C9H13NO5/c1-4-5-6-7-10(8(11)13-2)15-9(12)14-3/h4-6H,1,7H2,2-3H3/b6-5+. The first kappa shape index (κ1) is 13.0. The average Bonchev–Trinajstić information content (AvgIpc) is 2.26. The molecule has 0 rings (SSSR count). The van der Waals surface area contributed by atoms with Gasteiger partial charge in [0.25, 0.3) is 0 Å². The number of ether oxygens (including phenoxy) is 2. The van der Waals surface area contributed by atoms with E-state index < -0.39 is 12.2 Å². The zero-order chi connectivity index (χ0) is 11.7. The molecule has 0 saturated heterocycles. The minimum absolute atomic E-state index is 0.0494. The third-order valence-electron chi connectivity index (χ3n) is 1.27. The second-order valence-electron chi connectivity index (χ2n) is 2.24. The Labute approximate surface area is 87.7 Å². The maximum Gasteiger partial charge on any atom is 0.533 e. The maximum atomic E-state index is 11.1. The van der Waals surface area contributed by atoms with E-state index in [0.717, 1.165) is 7.11 Å². The van der Waals surface area contributed by atoms with Crippen molar-refractivity contribution in [2.45, 2.75) is 0 Å². The van der Waals surface area contributed by atoms with Crippen LogP contribution in [0.25, 0.3) is 0 Å². The van der Waals surface area contributed by atoms with E-state index in [1.54, 1.807) is 12.2 Å². The number of hydroxylamine groups is 2. The molecule has 0 spiro atoms. The van der Waals surface area contributed by atoms with Gasteiger partial charge in [0.05, 0.1) is 20.8 Å². The van der Waals surface area contributed by atoms with Crippen molar-refractivity contribution in [2.75, 3.05) is 20.8 Å². The molecule has 0 aromatic rings. The molecule has 6 nitrogen and oxygen atoms in total. The Morgan fingerprint density at radius 1 is 1.33 bits per heavy atom. The molecule has 15 heavy (non-hydrogen) atoms. The lowest BCUT2D eigenvalue weighted by molar-refractivity contribution is -0.0967. The van der Waals surface area contributed by atoms with Crippen LogP contribution in [0.3, 0.4) is 0 Å². The summed E-state index contributed by atoms with van der Waals surface area (Å²) in [7, 11) is 2.31. The highest BCUT2D eigenvalue weighted by molar-refractivity contribution is 5.69. The molecule has 0 aliphatic heterocycles. The smallest absolute Gasteiger partial charge is 0.451 e. The molecule has 6 heteroatoms. The van der Waals surface area contributed by atoms with Gasteiger partial charge in [0, 0.05) is 0 Å². The average molecular weight is 215 g/mol. The maximum absolute atomic E-state index is 11.1. The summed E-state index contributed by atoms with van der Waals surface area (Å²) in [6, 6.07) is 0. The third-order valence-corrected chi connectivity index (χ3v) is 1.27. The number of hydrogen-bond donors (Lipinski definition) is 0. The molecule has 0 N–H and O–H groups in total. The fourth-order valence-corrected chi connectivity index (χ4v) is 0.631. The van der Waals surface area contributed by atoms with Crippen molar-refractivity contribution in [3.05, 3.63) is 24.8 Å². The van der Waals surface area contributed by atoms with E-state index in [4.69, 9.17) is 0 Å². The van der Waals surface area contributed by atoms with Crippen LogP contribution in [0.1, 0.15) is 0 Å². The van der Waals surface area contributed by atoms with Crippen LogP contribution in [0.15, 0.2) is 24.8 Å². The number of carbonyl (C=O) groups is 2. The first-order valence-electron chi connectivity index (χ1n) is 4.04. The van der Waals surface area contributed by atoms with Crippen molar-refractivity contribution in [2.24, 2.45) is 0 Å². The Bertz CT molecular complexity index is 261. The summed E-state index contributed by atoms with van der Waals surface area (Å²) in [5.74, 6) is 0. The van der Waals surface area contributed by atoms with Crippen molar-refractivity contribution in [1.29, 1.82) is 0 Å². The van der Waals surface area contributed by atoms with Gasteiger partial charge in [-0.3, -0.25) is 4.84 Å². The minimum Gasteiger partial charge on any atom is -0.451 e. The van der Waals surface area contributed by atoms with Crippen LogP contribution >= 0.6 is 0 Å². The molecular formula is C9H13NO5. The summed E-state index contributed by atoms with van der Waals surface area (Å²) >= 11 is 0. The fourth-order valence-electron chi connectivity index (χ4n) is 0.631. The first-order valence-corrected chi connectivity index (χ1v) is 4.04. The van der Waals surface area contributed by atoms with Gasteiger partial charge in [0.15, 0.2) is 0 Å². The second kappa shape index (κ2) is 7.43. The molecule has 0 aromatic carbocycles. The minimum atomic E-state index is -0.993. The molecule has 0 unspecified atom stereocenters. The molecule has 0 bridgehead atoms. The van der Waals surface area contributed by atoms with Gasteiger partial charge >= 0.3 is 12.2 Å². The predicted octanol–water partition coefficient (Wildman–Crippen LogP) is 1.50. The molecule has 0 fully saturated rings. The van der Waals surface area contributed by atoms with Gasteiger partial charge in [-0.1, -0.05) is 24.8 Å². The van der Waals surface area contributed by atoms with E-state index >= 15 is 0 Å². The van der Waals surface area contributed by atoms with Crippen LogP contribution in [-0.2, 0) is 14.3 Å². The normalized spacial score (nSPS) is 9.47. The summed E-state index contributed by atoms with van der Waals surface area (Å²) < 4.78 is 8.61. The topological polar surface area (TPSA) is 65.1 Å². The van der Waals surface area contributed by atoms with E-state index in [9.17, 15) is 9.59 Å². The number of methoxy groups -OCH3 is 2. The number of rotatable bonds is 3. The lowest BCUT2D eigenvalue weighted by atomic mass is 10.5. The van der Waals surface area contributed by atoms with Crippen molar-refractivity contribution >= 4 is 12.2 Å². The highest BCUT2D eigenvalue weighted by Gasteiger charge is 2.17. The molecule has 0 aliphatic carbocycles. The van der Waals surface area contributed by atoms with E-state index in [2.05, 4.69) is 20.9 Å². The number of amides is 1. The van der Waals surface area contributed by atoms with Crippen molar-refractivity contribution in [3.63, 3.8) is 0 Å². The summed E-state index contributed by atoms with van der Waals surface area (Å²) in [5.41, 5.74) is 0. The fraction of sp³-hybridized carbons (Fsp3) is 0.333. The zero-order valence-electron chi connectivity index (χ0n) is 8.63. The molecule has 1 amide bonds. The molecule has 0 radical (unpaired) electrons. The van der Waals surface area contributed by atoms with Crippen LogP contribution in [0.5, 0.6) is 0 Å². The Morgan fingerprint density at radius 2 is 2.00 bits per heavy atom. The van der Waals surface area contributed by atoms with Gasteiger partial charge in [0.2, 0.25) is 0 Å². The highest BCUT2D eigenvalue weighted by Crippen LogP contribution is 1.97. The number of allylic oxidation sites excluding steroid dienone is 2. The molecule has 0 saturated carbocycles. The quantitative estimate of drug-likeness (QED) is 0.405. The number of hydrogen-bond acceptors (Lipinski definition) is 5. The van der Waals surface area contributed by atoms with Gasteiger partial charge in [-0.2, -0.15) is 0 Å². The highest BCUT2D eigenvalue weighted by atomic mass is 16.8. The van der Waals surface area contributed by atoms with E-state index in [1.807, 2.05) is 0 Å². The van der Waals surface area contributed by atoms with Crippen LogP contribution in [0, 0.1) is 0 Å². The summed E-state index contributed by atoms with van der Waals surface area (Å²) in [6.45, 7) is 3.50. The summed E-state index contributed by atoms with van der Waals surface area (Å²) in [6.07, 6.45) is 2.89. The molecule has 0 atom stereocenters. The lowest BCUT2D eigenvalue weighted by Gasteiger charge is -2.16. The first-order chi connectivity index (χ1) is 7.15. The van der Waals surface area contributed by atoms with Crippen molar-refractivity contribution in [3.8, 4) is 0 Å². The van der Waals surface area contributed by atoms with Gasteiger partial charge in [-0.15, -0.1) is 5.06 Å². The van der Waals surface area contributed by atoms with E-state index in [-0.39, 0.29) is 6.54 Å². The number of nitrogens with zero attached hydrogens (tertiary/aromatic N) is 1. The largest absolute Gasteiger partial charge is 0.533 e. The second-order valence-corrected chi connectivity index (χ2v) is 2.24. The molecule has 0 heterocycles. The van der Waals surface area contributed by atoms with Crippen LogP contribution in [-0.4, -0.2) is 38.1 Å². The van der Waals surface area contributed by atoms with E-state index in [0.29, 0.717) is 5.06 Å². The van der Waals surface area contributed by atoms with Gasteiger partial charge < -0.3 is 9.47 Å². The van der Waals surface area contributed by atoms with Crippen molar-refractivity contribution < 1.29 is 23.9 Å². The van der Waals surface area contributed by atoms with Crippen LogP contribution in [0.2, 0.25) is 0 Å². The number of carbonyl (C=O) groups excluding carboxylic acids is 2. The molecule has 84 valence electrons. The SMILES string of the molecule is C=C/C=C/CN(OC(=O)OC)C(=O)OC. The predicted molar refractivity (Wildman–Crippen MR) is 51.9 cm³/mol.